The van der Waals surface area contributed by atoms with Crippen LogP contribution in [0.1, 0.15) is 5.56 Å². The molecule has 0 radical (unpaired) electrons. The number of aryl methyl sites for hydroxylation is 1. The summed E-state index contributed by atoms with van der Waals surface area (Å²) in [7, 11) is -2.27. The van der Waals surface area contributed by atoms with Gasteiger partial charge in [-0.05, 0) is 37.3 Å². The van der Waals surface area contributed by atoms with Crippen molar-refractivity contribution in [2.75, 3.05) is 20.2 Å². The summed E-state index contributed by atoms with van der Waals surface area (Å²) >= 11 is 0. The van der Waals surface area contributed by atoms with E-state index in [4.69, 9.17) is 4.74 Å². The molecule has 6 heteroatoms. The highest BCUT2D eigenvalue weighted by molar-refractivity contribution is 7.89. The van der Waals surface area contributed by atoms with Gasteiger partial charge in [0.2, 0.25) is 10.0 Å². The molecule has 0 amide bonds. The van der Waals surface area contributed by atoms with Crippen LogP contribution in [-0.2, 0) is 10.0 Å². The Hall–Kier alpha value is -1.92. The van der Waals surface area contributed by atoms with Crippen LogP contribution in [0.15, 0.2) is 53.4 Å². The molecule has 0 fully saturated rings. The third-order valence-corrected chi connectivity index (χ3v) is 5.05. The molecule has 0 N–H and O–H groups in total. The second-order valence-corrected chi connectivity index (χ2v) is 6.99. The van der Waals surface area contributed by atoms with E-state index in [9.17, 15) is 12.8 Å². The minimum atomic E-state index is -3.71. The third kappa shape index (κ3) is 4.05. The highest BCUT2D eigenvalue weighted by atomic mass is 32.2. The molecule has 2 aromatic rings. The van der Waals surface area contributed by atoms with Crippen LogP contribution in [0.2, 0.25) is 0 Å². The van der Waals surface area contributed by atoms with Crippen molar-refractivity contribution >= 4 is 10.0 Å². The fourth-order valence-corrected chi connectivity index (χ4v) is 3.04. The second kappa shape index (κ2) is 6.89. The van der Waals surface area contributed by atoms with E-state index >= 15 is 0 Å². The summed E-state index contributed by atoms with van der Waals surface area (Å²) in [4.78, 5) is -0.0645. The highest BCUT2D eigenvalue weighted by Crippen LogP contribution is 2.16. The van der Waals surface area contributed by atoms with Crippen molar-refractivity contribution < 1.29 is 17.5 Å². The van der Waals surface area contributed by atoms with Gasteiger partial charge >= 0.3 is 0 Å². The third-order valence-electron chi connectivity index (χ3n) is 3.20. The van der Waals surface area contributed by atoms with Gasteiger partial charge in [0.25, 0.3) is 0 Å². The number of rotatable bonds is 6. The van der Waals surface area contributed by atoms with Crippen LogP contribution < -0.4 is 4.74 Å². The number of nitrogens with zero attached hydrogens (tertiary/aromatic N) is 1. The van der Waals surface area contributed by atoms with Crippen LogP contribution >= 0.6 is 0 Å². The summed E-state index contributed by atoms with van der Waals surface area (Å²) in [6, 6.07) is 12.5. The lowest BCUT2D eigenvalue weighted by molar-refractivity contribution is 0.287. The minimum absolute atomic E-state index is 0.0645. The fourth-order valence-electron chi connectivity index (χ4n) is 1.85. The first-order valence-electron chi connectivity index (χ1n) is 6.81. The van der Waals surface area contributed by atoms with Gasteiger partial charge in [0.05, 0.1) is 4.90 Å². The molecule has 118 valence electrons. The Kier molecular flexibility index (Phi) is 5.15. The van der Waals surface area contributed by atoms with Gasteiger partial charge in [0.1, 0.15) is 18.2 Å². The molecule has 0 unspecified atom stereocenters. The predicted octanol–water partition coefficient (Wildman–Crippen LogP) is 2.83. The van der Waals surface area contributed by atoms with Crippen LogP contribution in [-0.4, -0.2) is 32.9 Å². The van der Waals surface area contributed by atoms with E-state index in [2.05, 4.69) is 0 Å². The zero-order chi connectivity index (χ0) is 16.2. The molecule has 0 heterocycles. The molecule has 4 nitrogen and oxygen atoms in total. The van der Waals surface area contributed by atoms with Crippen LogP contribution in [0.4, 0.5) is 4.39 Å². The average Bonchev–Trinajstić information content (AvgIpc) is 2.49. The van der Waals surface area contributed by atoms with Gasteiger partial charge < -0.3 is 4.74 Å². The van der Waals surface area contributed by atoms with Crippen molar-refractivity contribution in [3.63, 3.8) is 0 Å². The molecule has 0 aliphatic carbocycles. The van der Waals surface area contributed by atoms with Crippen molar-refractivity contribution in [3.8, 4) is 5.75 Å². The first-order chi connectivity index (χ1) is 10.4. The molecule has 0 atom stereocenters. The van der Waals surface area contributed by atoms with Crippen LogP contribution in [0.25, 0.3) is 0 Å². The van der Waals surface area contributed by atoms with Crippen LogP contribution in [0, 0.1) is 12.7 Å². The fraction of sp³-hybridized carbons (Fsp3) is 0.250. The van der Waals surface area contributed by atoms with E-state index < -0.39 is 15.8 Å². The highest BCUT2D eigenvalue weighted by Gasteiger charge is 2.20. The van der Waals surface area contributed by atoms with Crippen molar-refractivity contribution in [2.24, 2.45) is 0 Å². The van der Waals surface area contributed by atoms with Gasteiger partial charge in [-0.15, -0.1) is 0 Å². The summed E-state index contributed by atoms with van der Waals surface area (Å²) in [6.45, 7) is 2.37. The largest absolute Gasteiger partial charge is 0.492 e. The molecule has 0 saturated carbocycles. The number of benzene rings is 2. The molecule has 0 saturated heterocycles. The SMILES string of the molecule is Cc1ccc(OCCN(C)S(=O)(=O)c2cccc(F)c2)cc1. The zero-order valence-corrected chi connectivity index (χ0v) is 13.3. The molecule has 0 spiro atoms. The Balaban J connectivity index is 1.96. The molecule has 2 rings (SSSR count). The quantitative estimate of drug-likeness (QED) is 0.821. The van der Waals surface area contributed by atoms with E-state index in [0.29, 0.717) is 5.75 Å². The topological polar surface area (TPSA) is 46.6 Å². The smallest absolute Gasteiger partial charge is 0.243 e. The summed E-state index contributed by atoms with van der Waals surface area (Å²) in [5.41, 5.74) is 1.12. The molecule has 22 heavy (non-hydrogen) atoms. The van der Waals surface area contributed by atoms with E-state index in [1.807, 2.05) is 31.2 Å². The molecular weight excluding hydrogens is 305 g/mol. The monoisotopic (exact) mass is 323 g/mol. The van der Waals surface area contributed by atoms with Crippen LogP contribution in [0.3, 0.4) is 0 Å². The first-order valence-corrected chi connectivity index (χ1v) is 8.25. The lowest BCUT2D eigenvalue weighted by atomic mass is 10.2. The normalized spacial score (nSPS) is 11.6. The molecule has 0 aliphatic rings. The first kappa shape index (κ1) is 16.5. The number of sulfonamides is 1. The summed E-state index contributed by atoms with van der Waals surface area (Å²) < 4.78 is 44.4. The number of hydrogen-bond acceptors (Lipinski definition) is 3. The Morgan fingerprint density at radius 1 is 1.14 bits per heavy atom. The van der Waals surface area contributed by atoms with Crippen molar-refractivity contribution in [3.05, 3.63) is 59.9 Å². The number of likely N-dealkylation sites (N-methyl/N-ethyl adjacent to an activating group) is 1. The minimum Gasteiger partial charge on any atom is -0.492 e. The van der Waals surface area contributed by atoms with E-state index in [1.165, 1.54) is 25.2 Å². The molecule has 0 aliphatic heterocycles. The maximum Gasteiger partial charge on any atom is 0.243 e. The lowest BCUT2D eigenvalue weighted by Crippen LogP contribution is -2.31. The number of halogens is 1. The van der Waals surface area contributed by atoms with Crippen molar-refractivity contribution in [2.45, 2.75) is 11.8 Å². The predicted molar refractivity (Wildman–Crippen MR) is 82.9 cm³/mol. The Morgan fingerprint density at radius 3 is 2.45 bits per heavy atom. The molecular formula is C16H18FNO3S. The van der Waals surface area contributed by atoms with E-state index in [-0.39, 0.29) is 18.0 Å². The molecule has 2 aromatic carbocycles. The zero-order valence-electron chi connectivity index (χ0n) is 12.5. The van der Waals surface area contributed by atoms with Gasteiger partial charge in [0.15, 0.2) is 0 Å². The molecule has 0 aromatic heterocycles. The number of ether oxygens (including phenoxy) is 1. The van der Waals surface area contributed by atoms with Crippen molar-refractivity contribution in [1.29, 1.82) is 0 Å². The Labute approximate surface area is 130 Å². The van der Waals surface area contributed by atoms with E-state index in [0.717, 1.165) is 15.9 Å². The van der Waals surface area contributed by atoms with Gasteiger partial charge in [0, 0.05) is 13.6 Å². The standard InChI is InChI=1S/C16H18FNO3S/c1-13-6-8-15(9-7-13)21-11-10-18(2)22(19,20)16-5-3-4-14(17)12-16/h3-9,12H,10-11H2,1-2H3. The maximum absolute atomic E-state index is 13.2. The Bertz CT molecular complexity index is 729. The Morgan fingerprint density at radius 2 is 1.82 bits per heavy atom. The van der Waals surface area contributed by atoms with Gasteiger partial charge in [-0.2, -0.15) is 4.31 Å². The summed E-state index contributed by atoms with van der Waals surface area (Å²) in [5, 5.41) is 0. The van der Waals surface area contributed by atoms with Gasteiger partial charge in [-0.25, -0.2) is 12.8 Å². The summed E-state index contributed by atoms with van der Waals surface area (Å²) in [5.74, 6) is 0.104. The van der Waals surface area contributed by atoms with Crippen LogP contribution in [0.5, 0.6) is 5.75 Å². The average molecular weight is 323 g/mol. The maximum atomic E-state index is 13.2. The number of hydrogen-bond donors (Lipinski definition) is 0. The summed E-state index contributed by atoms with van der Waals surface area (Å²) in [6.07, 6.45) is 0. The van der Waals surface area contributed by atoms with Crippen molar-refractivity contribution in [1.82, 2.24) is 4.31 Å². The van der Waals surface area contributed by atoms with Gasteiger partial charge in [-0.3, -0.25) is 0 Å². The van der Waals surface area contributed by atoms with Gasteiger partial charge in [-0.1, -0.05) is 23.8 Å². The lowest BCUT2D eigenvalue weighted by Gasteiger charge is -2.17. The second-order valence-electron chi connectivity index (χ2n) is 4.95. The molecule has 0 bridgehead atoms. The van der Waals surface area contributed by atoms with E-state index in [1.54, 1.807) is 0 Å².